The lowest BCUT2D eigenvalue weighted by molar-refractivity contribution is 0.620. The van der Waals surface area contributed by atoms with Gasteiger partial charge in [0, 0.05) is 6.20 Å². The first-order valence-corrected chi connectivity index (χ1v) is 4.95. The topological polar surface area (TPSA) is 12.9 Å². The van der Waals surface area contributed by atoms with Crippen molar-refractivity contribution in [1.29, 1.82) is 0 Å². The molecule has 2 rings (SSSR count). The van der Waals surface area contributed by atoms with Gasteiger partial charge in [-0.1, -0.05) is 18.6 Å². The second-order valence-corrected chi connectivity index (χ2v) is 3.91. The van der Waals surface area contributed by atoms with E-state index in [0.717, 1.165) is 11.6 Å². The van der Waals surface area contributed by atoms with Crippen molar-refractivity contribution in [2.75, 3.05) is 0 Å². The molecule has 1 aromatic rings. The van der Waals surface area contributed by atoms with Gasteiger partial charge in [0.2, 0.25) is 0 Å². The first-order chi connectivity index (χ1) is 6.34. The Kier molecular flexibility index (Phi) is 2.44. The van der Waals surface area contributed by atoms with Gasteiger partial charge in [-0.05, 0) is 43.4 Å². The summed E-state index contributed by atoms with van der Waals surface area (Å²) in [7, 11) is 0. The van der Waals surface area contributed by atoms with Crippen molar-refractivity contribution >= 4 is 6.08 Å². The molecule has 0 radical (unpaired) electrons. The molecule has 0 unspecified atom stereocenters. The van der Waals surface area contributed by atoms with E-state index in [2.05, 4.69) is 24.1 Å². The zero-order valence-electron chi connectivity index (χ0n) is 8.03. The average molecular weight is 173 g/mol. The molecular weight excluding hydrogens is 158 g/mol. The molecule has 0 amide bonds. The van der Waals surface area contributed by atoms with Gasteiger partial charge >= 0.3 is 0 Å². The lowest BCUT2D eigenvalue weighted by Gasteiger charge is -1.96. The Balaban J connectivity index is 2.13. The largest absolute Gasteiger partial charge is 0.257 e. The third kappa shape index (κ3) is 2.18. The van der Waals surface area contributed by atoms with Gasteiger partial charge in [-0.2, -0.15) is 0 Å². The molecule has 13 heavy (non-hydrogen) atoms. The number of pyridine rings is 1. The summed E-state index contributed by atoms with van der Waals surface area (Å²) in [5.41, 5.74) is 2.66. The monoisotopic (exact) mass is 173 g/mol. The van der Waals surface area contributed by atoms with Crippen LogP contribution in [0.4, 0.5) is 0 Å². The normalized spacial score (nSPS) is 25.3. The van der Waals surface area contributed by atoms with Crippen LogP contribution >= 0.6 is 0 Å². The van der Waals surface area contributed by atoms with Gasteiger partial charge < -0.3 is 0 Å². The van der Waals surface area contributed by atoms with Gasteiger partial charge in [0.05, 0.1) is 5.69 Å². The first-order valence-electron chi connectivity index (χ1n) is 4.95. The summed E-state index contributed by atoms with van der Waals surface area (Å²) >= 11 is 0. The zero-order chi connectivity index (χ0) is 9.10. The molecule has 68 valence electrons. The molecule has 1 nitrogen and oxygen atoms in total. The van der Waals surface area contributed by atoms with Crippen molar-refractivity contribution in [3.63, 3.8) is 0 Å². The minimum atomic E-state index is 0.870. The molecule has 1 heterocycles. The van der Waals surface area contributed by atoms with Crippen LogP contribution in [-0.2, 0) is 0 Å². The van der Waals surface area contributed by atoms with Crippen LogP contribution < -0.4 is 0 Å². The smallest absolute Gasteiger partial charge is 0.0629 e. The van der Waals surface area contributed by atoms with E-state index >= 15 is 0 Å². The van der Waals surface area contributed by atoms with Crippen LogP contribution in [0.3, 0.4) is 0 Å². The fourth-order valence-electron chi connectivity index (χ4n) is 1.89. The van der Waals surface area contributed by atoms with Crippen LogP contribution in [-0.4, -0.2) is 4.98 Å². The number of aromatic nitrogens is 1. The Bertz CT molecular complexity index is 300. The molecular formula is C12H15N. The molecule has 0 saturated heterocycles. The standard InChI is InChI=1S/C12H15N/c1-10-5-6-11(8-10)9-12-4-2-3-7-13-12/h2-4,7,9-10H,5-6,8H2,1H3/b11-9-/t10-/m0/s1. The maximum absolute atomic E-state index is 4.29. The summed E-state index contributed by atoms with van der Waals surface area (Å²) < 4.78 is 0. The van der Waals surface area contributed by atoms with Crippen LogP contribution in [0.1, 0.15) is 31.9 Å². The van der Waals surface area contributed by atoms with Gasteiger partial charge in [-0.3, -0.25) is 4.98 Å². The zero-order valence-corrected chi connectivity index (χ0v) is 8.03. The number of hydrogen-bond acceptors (Lipinski definition) is 1. The maximum Gasteiger partial charge on any atom is 0.0629 e. The molecule has 1 atom stereocenters. The van der Waals surface area contributed by atoms with Gasteiger partial charge in [-0.25, -0.2) is 0 Å². The quantitative estimate of drug-likeness (QED) is 0.635. The van der Waals surface area contributed by atoms with Crippen LogP contribution in [0, 0.1) is 5.92 Å². The summed E-state index contributed by atoms with van der Waals surface area (Å²) in [6, 6.07) is 6.06. The summed E-state index contributed by atoms with van der Waals surface area (Å²) in [5.74, 6) is 0.870. The molecule has 0 bridgehead atoms. The van der Waals surface area contributed by atoms with E-state index in [0.29, 0.717) is 0 Å². The number of nitrogens with zero attached hydrogens (tertiary/aromatic N) is 1. The summed E-state index contributed by atoms with van der Waals surface area (Å²) in [6.45, 7) is 2.32. The van der Waals surface area contributed by atoms with Crippen molar-refractivity contribution in [1.82, 2.24) is 4.98 Å². The molecule has 1 aromatic heterocycles. The molecule has 0 aromatic carbocycles. The second kappa shape index (κ2) is 3.73. The van der Waals surface area contributed by atoms with Crippen molar-refractivity contribution < 1.29 is 0 Å². The molecule has 1 heteroatoms. The van der Waals surface area contributed by atoms with E-state index < -0.39 is 0 Å². The minimum absolute atomic E-state index is 0.870. The lowest BCUT2D eigenvalue weighted by Crippen LogP contribution is -1.82. The predicted molar refractivity (Wildman–Crippen MR) is 55.2 cm³/mol. The van der Waals surface area contributed by atoms with E-state index in [1.165, 1.54) is 19.3 Å². The highest BCUT2D eigenvalue weighted by molar-refractivity contribution is 5.49. The van der Waals surface area contributed by atoms with E-state index in [4.69, 9.17) is 0 Å². The summed E-state index contributed by atoms with van der Waals surface area (Å²) in [5, 5.41) is 0. The van der Waals surface area contributed by atoms with Crippen LogP contribution in [0.15, 0.2) is 30.0 Å². The number of allylic oxidation sites excluding steroid dienone is 1. The van der Waals surface area contributed by atoms with Crippen molar-refractivity contribution in [3.05, 3.63) is 35.7 Å². The molecule has 1 aliphatic rings. The van der Waals surface area contributed by atoms with Crippen LogP contribution in [0.25, 0.3) is 6.08 Å². The Morgan fingerprint density at radius 2 is 2.38 bits per heavy atom. The second-order valence-electron chi connectivity index (χ2n) is 3.91. The molecule has 0 N–H and O–H groups in total. The Hall–Kier alpha value is -1.11. The van der Waals surface area contributed by atoms with Gasteiger partial charge in [0.1, 0.15) is 0 Å². The van der Waals surface area contributed by atoms with Crippen LogP contribution in [0.5, 0.6) is 0 Å². The fraction of sp³-hybridized carbons (Fsp3) is 0.417. The third-order valence-corrected chi connectivity index (χ3v) is 2.61. The predicted octanol–water partition coefficient (Wildman–Crippen LogP) is 3.29. The van der Waals surface area contributed by atoms with Crippen molar-refractivity contribution in [2.45, 2.75) is 26.2 Å². The lowest BCUT2D eigenvalue weighted by atomic mass is 10.1. The Labute approximate surface area is 79.5 Å². The maximum atomic E-state index is 4.29. The highest BCUT2D eigenvalue weighted by atomic mass is 14.6. The molecule has 1 fully saturated rings. The molecule has 1 aliphatic carbocycles. The SMILES string of the molecule is C[C@H]1CC/C(=C/c2ccccn2)C1. The minimum Gasteiger partial charge on any atom is -0.257 e. The van der Waals surface area contributed by atoms with E-state index in [-0.39, 0.29) is 0 Å². The van der Waals surface area contributed by atoms with Crippen LogP contribution in [0.2, 0.25) is 0 Å². The average Bonchev–Trinajstić information content (AvgIpc) is 2.53. The molecule has 0 spiro atoms. The summed E-state index contributed by atoms with van der Waals surface area (Å²) in [4.78, 5) is 4.29. The van der Waals surface area contributed by atoms with Gasteiger partial charge in [0.15, 0.2) is 0 Å². The van der Waals surface area contributed by atoms with E-state index in [9.17, 15) is 0 Å². The highest BCUT2D eigenvalue weighted by Crippen LogP contribution is 2.30. The molecule has 1 saturated carbocycles. The van der Waals surface area contributed by atoms with Crippen molar-refractivity contribution in [2.24, 2.45) is 5.92 Å². The van der Waals surface area contributed by atoms with Gasteiger partial charge in [0.25, 0.3) is 0 Å². The summed E-state index contributed by atoms with van der Waals surface area (Å²) in [6.07, 6.45) is 7.96. The van der Waals surface area contributed by atoms with Gasteiger partial charge in [-0.15, -0.1) is 0 Å². The molecule has 0 aliphatic heterocycles. The number of rotatable bonds is 1. The third-order valence-electron chi connectivity index (χ3n) is 2.61. The fourth-order valence-corrected chi connectivity index (χ4v) is 1.89. The van der Waals surface area contributed by atoms with Crippen molar-refractivity contribution in [3.8, 4) is 0 Å². The Morgan fingerprint density at radius 3 is 3.00 bits per heavy atom. The number of hydrogen-bond donors (Lipinski definition) is 0. The highest BCUT2D eigenvalue weighted by Gasteiger charge is 2.14. The Morgan fingerprint density at radius 1 is 1.46 bits per heavy atom. The van der Waals surface area contributed by atoms with E-state index in [1.807, 2.05) is 18.3 Å². The van der Waals surface area contributed by atoms with E-state index in [1.54, 1.807) is 5.57 Å². The first kappa shape index (κ1) is 8.49.